The van der Waals surface area contributed by atoms with Crippen molar-refractivity contribution >= 4 is 23.6 Å². The number of carbonyl (C=O) groups excluding carboxylic acids is 3. The van der Waals surface area contributed by atoms with Crippen molar-refractivity contribution < 1.29 is 28.6 Å². The van der Waals surface area contributed by atoms with Gasteiger partial charge >= 0.3 is 17.9 Å². The molecule has 0 spiro atoms. The molecule has 0 bridgehead atoms. The maximum absolute atomic E-state index is 12.5. The van der Waals surface area contributed by atoms with E-state index in [1.54, 1.807) is 52.1 Å². The lowest BCUT2D eigenvalue weighted by molar-refractivity contribution is -0.168. The lowest BCUT2D eigenvalue weighted by Crippen LogP contribution is -2.37. The summed E-state index contributed by atoms with van der Waals surface area (Å²) >= 11 is 0. The van der Waals surface area contributed by atoms with Gasteiger partial charge in [0.2, 0.25) is 0 Å². The van der Waals surface area contributed by atoms with Crippen LogP contribution in [0.2, 0.25) is 0 Å². The molecule has 138 valence electrons. The minimum absolute atomic E-state index is 0.0863. The highest BCUT2D eigenvalue weighted by atomic mass is 16.6. The Balaban J connectivity index is 3.33. The molecule has 0 aliphatic carbocycles. The molecule has 1 N–H and O–H groups in total. The largest absolute Gasteiger partial charge is 0.465 e. The van der Waals surface area contributed by atoms with Gasteiger partial charge < -0.3 is 19.5 Å². The summed E-state index contributed by atoms with van der Waals surface area (Å²) in [5.74, 6) is -4.84. The molecule has 0 fully saturated rings. The van der Waals surface area contributed by atoms with E-state index in [9.17, 15) is 14.4 Å². The number of nitrogens with one attached hydrogen (secondary N) is 1. The quantitative estimate of drug-likeness (QED) is 0.414. The molecule has 0 heterocycles. The van der Waals surface area contributed by atoms with Crippen LogP contribution in [0.25, 0.3) is 0 Å². The fourth-order valence-corrected chi connectivity index (χ4v) is 2.39. The van der Waals surface area contributed by atoms with Crippen molar-refractivity contribution in [1.82, 2.24) is 0 Å². The number of benzene rings is 1. The fourth-order valence-electron chi connectivity index (χ4n) is 2.39. The summed E-state index contributed by atoms with van der Waals surface area (Å²) in [6.45, 7) is 5.21. The lowest BCUT2D eigenvalue weighted by atomic mass is 9.85. The highest BCUT2D eigenvalue weighted by Gasteiger charge is 2.43. The summed E-state index contributed by atoms with van der Waals surface area (Å²) < 4.78 is 15.1. The van der Waals surface area contributed by atoms with Gasteiger partial charge in [0.1, 0.15) is 5.92 Å². The molecule has 0 aliphatic rings. The zero-order valence-electron chi connectivity index (χ0n) is 15.0. The van der Waals surface area contributed by atoms with Gasteiger partial charge in [0.05, 0.1) is 19.8 Å². The summed E-state index contributed by atoms with van der Waals surface area (Å²) in [6.07, 6.45) is 0. The molecule has 1 unspecified atom stereocenters. The second kappa shape index (κ2) is 10.3. The molecule has 0 aromatic heterocycles. The van der Waals surface area contributed by atoms with Gasteiger partial charge in [-0.25, -0.2) is 0 Å². The minimum atomic E-state index is -1.42. The van der Waals surface area contributed by atoms with E-state index in [2.05, 4.69) is 5.32 Å². The Morgan fingerprint density at radius 3 is 1.68 bits per heavy atom. The predicted molar refractivity (Wildman–Crippen MR) is 92.1 cm³/mol. The average molecular weight is 351 g/mol. The SMILES string of the molecule is CCOC(=O)C(C(=O)OCC)C(C(=O)OCC)c1ccc(NC)cc1. The molecule has 25 heavy (non-hydrogen) atoms. The Morgan fingerprint density at radius 2 is 1.28 bits per heavy atom. The first-order chi connectivity index (χ1) is 12.0. The predicted octanol–water partition coefficient (Wildman–Crippen LogP) is 2.12. The van der Waals surface area contributed by atoms with E-state index in [4.69, 9.17) is 14.2 Å². The molecule has 7 nitrogen and oxygen atoms in total. The number of anilines is 1. The first-order valence-electron chi connectivity index (χ1n) is 8.27. The Labute approximate surface area is 147 Å². The monoisotopic (exact) mass is 351 g/mol. The summed E-state index contributed by atoms with van der Waals surface area (Å²) in [5.41, 5.74) is 1.30. The van der Waals surface area contributed by atoms with E-state index in [-0.39, 0.29) is 19.8 Å². The highest BCUT2D eigenvalue weighted by Crippen LogP contribution is 2.30. The third-order valence-electron chi connectivity index (χ3n) is 3.51. The van der Waals surface area contributed by atoms with E-state index < -0.39 is 29.7 Å². The number of esters is 3. The van der Waals surface area contributed by atoms with Crippen LogP contribution in [-0.4, -0.2) is 44.8 Å². The standard InChI is InChI=1S/C18H25NO6/c1-5-23-16(20)14(12-8-10-13(19-4)11-9-12)15(17(21)24-6-2)18(22)25-7-3/h8-11,14-15,19H,5-7H2,1-4H3. The van der Waals surface area contributed by atoms with Crippen molar-refractivity contribution in [2.45, 2.75) is 26.7 Å². The number of hydrogen-bond acceptors (Lipinski definition) is 7. The second-order valence-corrected chi connectivity index (χ2v) is 5.08. The van der Waals surface area contributed by atoms with E-state index in [0.717, 1.165) is 5.69 Å². The Bertz CT molecular complexity index is 566. The van der Waals surface area contributed by atoms with Crippen molar-refractivity contribution in [2.24, 2.45) is 5.92 Å². The summed E-state index contributed by atoms with van der Waals surface area (Å²) in [6, 6.07) is 6.82. The van der Waals surface area contributed by atoms with E-state index in [1.807, 2.05) is 0 Å². The van der Waals surface area contributed by atoms with Gasteiger partial charge in [-0.1, -0.05) is 12.1 Å². The first-order valence-corrected chi connectivity index (χ1v) is 8.27. The molecule has 0 saturated heterocycles. The van der Waals surface area contributed by atoms with Crippen LogP contribution in [0.4, 0.5) is 5.69 Å². The van der Waals surface area contributed by atoms with Gasteiger partial charge in [-0.3, -0.25) is 14.4 Å². The van der Waals surface area contributed by atoms with Crippen LogP contribution in [-0.2, 0) is 28.6 Å². The third-order valence-corrected chi connectivity index (χ3v) is 3.51. The molecular weight excluding hydrogens is 326 g/mol. The molecule has 0 saturated carbocycles. The molecule has 1 rings (SSSR count). The zero-order chi connectivity index (χ0) is 18.8. The van der Waals surface area contributed by atoms with Crippen LogP contribution in [0.15, 0.2) is 24.3 Å². The van der Waals surface area contributed by atoms with Gasteiger partial charge in [0.15, 0.2) is 5.92 Å². The Morgan fingerprint density at radius 1 is 0.840 bits per heavy atom. The highest BCUT2D eigenvalue weighted by molar-refractivity contribution is 6.01. The lowest BCUT2D eigenvalue weighted by Gasteiger charge is -2.23. The maximum atomic E-state index is 12.5. The summed E-state index contributed by atoms with van der Waals surface area (Å²) in [4.78, 5) is 37.2. The molecule has 1 atom stereocenters. The van der Waals surface area contributed by atoms with Gasteiger partial charge in [-0.15, -0.1) is 0 Å². The van der Waals surface area contributed by atoms with Crippen LogP contribution in [0.5, 0.6) is 0 Å². The van der Waals surface area contributed by atoms with Crippen LogP contribution in [0, 0.1) is 5.92 Å². The van der Waals surface area contributed by atoms with Crippen molar-refractivity contribution in [2.75, 3.05) is 32.2 Å². The van der Waals surface area contributed by atoms with E-state index >= 15 is 0 Å². The summed E-state index contributed by atoms with van der Waals surface area (Å²) in [7, 11) is 1.76. The number of hydrogen-bond donors (Lipinski definition) is 1. The number of rotatable bonds is 9. The Kier molecular flexibility index (Phi) is 8.46. The molecule has 0 radical (unpaired) electrons. The fraction of sp³-hybridized carbons (Fsp3) is 0.500. The Hall–Kier alpha value is -2.57. The molecule has 1 aromatic carbocycles. The second-order valence-electron chi connectivity index (χ2n) is 5.08. The van der Waals surface area contributed by atoms with Crippen LogP contribution in [0.3, 0.4) is 0 Å². The third kappa shape index (κ3) is 5.48. The van der Waals surface area contributed by atoms with Crippen LogP contribution >= 0.6 is 0 Å². The molecule has 0 amide bonds. The van der Waals surface area contributed by atoms with Gasteiger partial charge in [-0.2, -0.15) is 0 Å². The van der Waals surface area contributed by atoms with Crippen LogP contribution in [0.1, 0.15) is 32.3 Å². The van der Waals surface area contributed by atoms with E-state index in [1.165, 1.54) is 0 Å². The van der Waals surface area contributed by atoms with Crippen molar-refractivity contribution in [3.8, 4) is 0 Å². The van der Waals surface area contributed by atoms with Crippen molar-refractivity contribution in [1.29, 1.82) is 0 Å². The first kappa shape index (κ1) is 20.5. The van der Waals surface area contributed by atoms with E-state index in [0.29, 0.717) is 5.56 Å². The van der Waals surface area contributed by atoms with Crippen molar-refractivity contribution in [3.05, 3.63) is 29.8 Å². The molecule has 0 aliphatic heterocycles. The molecule has 7 heteroatoms. The summed E-state index contributed by atoms with van der Waals surface area (Å²) in [5, 5.41) is 2.96. The van der Waals surface area contributed by atoms with Gasteiger partial charge in [0, 0.05) is 12.7 Å². The van der Waals surface area contributed by atoms with Gasteiger partial charge in [-0.05, 0) is 38.5 Å². The number of carbonyl (C=O) groups is 3. The average Bonchev–Trinajstić information content (AvgIpc) is 2.60. The van der Waals surface area contributed by atoms with Gasteiger partial charge in [0.25, 0.3) is 0 Å². The topological polar surface area (TPSA) is 90.9 Å². The molecular formula is C18H25NO6. The minimum Gasteiger partial charge on any atom is -0.465 e. The van der Waals surface area contributed by atoms with Crippen molar-refractivity contribution in [3.63, 3.8) is 0 Å². The normalized spacial score (nSPS) is 11.6. The van der Waals surface area contributed by atoms with Crippen LogP contribution < -0.4 is 5.32 Å². The maximum Gasteiger partial charge on any atom is 0.321 e. The zero-order valence-corrected chi connectivity index (χ0v) is 15.0. The smallest absolute Gasteiger partial charge is 0.321 e. The number of ether oxygens (including phenoxy) is 3. The molecule has 1 aromatic rings.